The molecule has 0 spiro atoms. The van der Waals surface area contributed by atoms with E-state index in [1.165, 1.54) is 18.5 Å². The minimum absolute atomic E-state index is 0.0920. The number of nitrogens with one attached hydrogen (secondary N) is 1. The molecule has 0 aliphatic rings. The number of aromatic nitrogens is 3. The maximum Gasteiger partial charge on any atom is 0.276 e. The molecule has 0 saturated carbocycles. The van der Waals surface area contributed by atoms with Crippen LogP contribution in [0, 0.1) is 10.1 Å². The summed E-state index contributed by atoms with van der Waals surface area (Å²) in [4.78, 5) is 21.9. The SMILES string of the molecule is Nc1cc([N+](=O)[O-])cc(NCc2ccncn2)n1. The minimum atomic E-state index is -0.520. The van der Waals surface area contributed by atoms with Crippen molar-refractivity contribution >= 4 is 17.3 Å². The van der Waals surface area contributed by atoms with E-state index in [0.717, 1.165) is 5.69 Å². The van der Waals surface area contributed by atoms with Crippen LogP contribution >= 0.6 is 0 Å². The molecule has 0 aliphatic carbocycles. The number of nitrogens with zero attached hydrogens (tertiary/aromatic N) is 4. The highest BCUT2D eigenvalue weighted by Gasteiger charge is 2.09. The van der Waals surface area contributed by atoms with Gasteiger partial charge in [0, 0.05) is 6.20 Å². The van der Waals surface area contributed by atoms with Gasteiger partial charge in [0.1, 0.15) is 18.0 Å². The fourth-order valence-electron chi connectivity index (χ4n) is 1.34. The van der Waals surface area contributed by atoms with E-state index in [-0.39, 0.29) is 11.5 Å². The van der Waals surface area contributed by atoms with Crippen LogP contribution in [-0.4, -0.2) is 19.9 Å². The fraction of sp³-hybridized carbons (Fsp3) is 0.100. The molecule has 0 saturated heterocycles. The highest BCUT2D eigenvalue weighted by molar-refractivity contribution is 5.52. The molecular weight excluding hydrogens is 236 g/mol. The first-order valence-corrected chi connectivity index (χ1v) is 5.06. The van der Waals surface area contributed by atoms with Crippen LogP contribution < -0.4 is 11.1 Å². The molecule has 0 aliphatic heterocycles. The first kappa shape index (κ1) is 11.7. The van der Waals surface area contributed by atoms with Crippen molar-refractivity contribution in [1.29, 1.82) is 0 Å². The first-order chi connectivity index (χ1) is 8.65. The van der Waals surface area contributed by atoms with Gasteiger partial charge in [-0.2, -0.15) is 0 Å². The maximum absolute atomic E-state index is 10.7. The van der Waals surface area contributed by atoms with E-state index in [4.69, 9.17) is 5.73 Å². The number of anilines is 2. The molecule has 8 nitrogen and oxygen atoms in total. The van der Waals surface area contributed by atoms with E-state index in [1.54, 1.807) is 12.3 Å². The zero-order valence-electron chi connectivity index (χ0n) is 9.28. The summed E-state index contributed by atoms with van der Waals surface area (Å²) in [6, 6.07) is 4.25. The van der Waals surface area contributed by atoms with E-state index in [2.05, 4.69) is 20.3 Å². The molecule has 2 heterocycles. The van der Waals surface area contributed by atoms with Crippen molar-refractivity contribution in [2.75, 3.05) is 11.1 Å². The van der Waals surface area contributed by atoms with Crippen LogP contribution in [0.2, 0.25) is 0 Å². The third-order valence-corrected chi connectivity index (χ3v) is 2.13. The molecule has 0 atom stereocenters. The summed E-state index contributed by atoms with van der Waals surface area (Å²) in [5.74, 6) is 0.426. The number of rotatable bonds is 4. The van der Waals surface area contributed by atoms with Crippen molar-refractivity contribution in [1.82, 2.24) is 15.0 Å². The number of hydrogen-bond acceptors (Lipinski definition) is 7. The lowest BCUT2D eigenvalue weighted by atomic mass is 10.3. The maximum atomic E-state index is 10.7. The molecule has 0 bridgehead atoms. The lowest BCUT2D eigenvalue weighted by Gasteiger charge is -2.05. The van der Waals surface area contributed by atoms with Gasteiger partial charge in [-0.05, 0) is 6.07 Å². The second-order valence-electron chi connectivity index (χ2n) is 3.45. The lowest BCUT2D eigenvalue weighted by molar-refractivity contribution is -0.384. The zero-order chi connectivity index (χ0) is 13.0. The summed E-state index contributed by atoms with van der Waals surface area (Å²) in [5, 5.41) is 13.6. The van der Waals surface area contributed by atoms with Gasteiger partial charge in [0.2, 0.25) is 0 Å². The number of nitro groups is 1. The standard InChI is InChI=1S/C10H10N6O2/c11-9-3-8(16(17)18)4-10(15-9)13-5-7-1-2-12-6-14-7/h1-4,6H,5H2,(H3,11,13,15). The Kier molecular flexibility index (Phi) is 3.28. The van der Waals surface area contributed by atoms with E-state index in [1.807, 2.05) is 0 Å². The summed E-state index contributed by atoms with van der Waals surface area (Å²) < 4.78 is 0. The Morgan fingerprint density at radius 2 is 2.28 bits per heavy atom. The van der Waals surface area contributed by atoms with E-state index < -0.39 is 4.92 Å². The topological polar surface area (TPSA) is 120 Å². The Morgan fingerprint density at radius 1 is 1.44 bits per heavy atom. The average molecular weight is 246 g/mol. The molecule has 2 rings (SSSR count). The van der Waals surface area contributed by atoms with Gasteiger partial charge in [0.05, 0.1) is 29.3 Å². The minimum Gasteiger partial charge on any atom is -0.383 e. The van der Waals surface area contributed by atoms with Crippen molar-refractivity contribution < 1.29 is 4.92 Å². The lowest BCUT2D eigenvalue weighted by Crippen LogP contribution is -2.05. The smallest absolute Gasteiger partial charge is 0.276 e. The number of nitrogens with two attached hydrogens (primary N) is 1. The molecule has 0 aromatic carbocycles. The van der Waals surface area contributed by atoms with Gasteiger partial charge in [-0.25, -0.2) is 15.0 Å². The molecule has 2 aromatic rings. The largest absolute Gasteiger partial charge is 0.383 e. The third kappa shape index (κ3) is 2.88. The molecule has 0 unspecified atom stereocenters. The Bertz CT molecular complexity index is 560. The molecule has 2 aromatic heterocycles. The first-order valence-electron chi connectivity index (χ1n) is 5.06. The van der Waals surface area contributed by atoms with Crippen LogP contribution in [0.5, 0.6) is 0 Å². The highest BCUT2D eigenvalue weighted by Crippen LogP contribution is 2.18. The van der Waals surface area contributed by atoms with Crippen LogP contribution in [0.4, 0.5) is 17.3 Å². The number of hydrogen-bond donors (Lipinski definition) is 2. The van der Waals surface area contributed by atoms with Crippen LogP contribution in [0.3, 0.4) is 0 Å². The Morgan fingerprint density at radius 3 is 2.94 bits per heavy atom. The quantitative estimate of drug-likeness (QED) is 0.609. The van der Waals surface area contributed by atoms with E-state index in [0.29, 0.717) is 12.4 Å². The summed E-state index contributed by atoms with van der Waals surface area (Å²) in [5.41, 5.74) is 6.13. The van der Waals surface area contributed by atoms with Crippen LogP contribution in [-0.2, 0) is 6.54 Å². The second kappa shape index (κ2) is 5.04. The molecular formula is C10H10N6O2. The number of pyridine rings is 1. The summed E-state index contributed by atoms with van der Waals surface area (Å²) in [6.07, 6.45) is 3.03. The predicted octanol–water partition coefficient (Wildman–Crippen LogP) is 0.974. The molecule has 92 valence electrons. The molecule has 0 amide bonds. The normalized spacial score (nSPS) is 10.0. The third-order valence-electron chi connectivity index (χ3n) is 2.13. The van der Waals surface area contributed by atoms with Gasteiger partial charge >= 0.3 is 0 Å². The van der Waals surface area contributed by atoms with Gasteiger partial charge < -0.3 is 11.1 Å². The average Bonchev–Trinajstić information content (AvgIpc) is 2.37. The Hall–Kier alpha value is -2.77. The van der Waals surface area contributed by atoms with Crippen molar-refractivity contribution in [3.63, 3.8) is 0 Å². The molecule has 18 heavy (non-hydrogen) atoms. The molecule has 0 radical (unpaired) electrons. The molecule has 3 N–H and O–H groups in total. The monoisotopic (exact) mass is 246 g/mol. The predicted molar refractivity (Wildman–Crippen MR) is 64.7 cm³/mol. The van der Waals surface area contributed by atoms with Gasteiger partial charge in [-0.3, -0.25) is 10.1 Å². The Balaban J connectivity index is 2.12. The summed E-state index contributed by atoms with van der Waals surface area (Å²) in [6.45, 7) is 0.385. The van der Waals surface area contributed by atoms with Crippen molar-refractivity contribution in [2.24, 2.45) is 0 Å². The summed E-state index contributed by atoms with van der Waals surface area (Å²) in [7, 11) is 0. The van der Waals surface area contributed by atoms with Gasteiger partial charge in [-0.15, -0.1) is 0 Å². The van der Waals surface area contributed by atoms with Crippen molar-refractivity contribution in [3.8, 4) is 0 Å². The highest BCUT2D eigenvalue weighted by atomic mass is 16.6. The van der Waals surface area contributed by atoms with Crippen molar-refractivity contribution in [2.45, 2.75) is 6.54 Å². The van der Waals surface area contributed by atoms with Gasteiger partial charge in [0.25, 0.3) is 5.69 Å². The van der Waals surface area contributed by atoms with Gasteiger partial charge in [0.15, 0.2) is 0 Å². The van der Waals surface area contributed by atoms with Crippen molar-refractivity contribution in [3.05, 3.63) is 46.5 Å². The number of nitrogen functional groups attached to an aromatic ring is 1. The van der Waals surface area contributed by atoms with E-state index in [9.17, 15) is 10.1 Å². The van der Waals surface area contributed by atoms with Crippen LogP contribution in [0.1, 0.15) is 5.69 Å². The molecule has 0 fully saturated rings. The fourth-order valence-corrected chi connectivity index (χ4v) is 1.34. The Labute approximate surface area is 102 Å². The molecule has 8 heteroatoms. The second-order valence-corrected chi connectivity index (χ2v) is 3.45. The van der Waals surface area contributed by atoms with Crippen LogP contribution in [0.25, 0.3) is 0 Å². The van der Waals surface area contributed by atoms with E-state index >= 15 is 0 Å². The zero-order valence-corrected chi connectivity index (χ0v) is 9.28. The van der Waals surface area contributed by atoms with Crippen LogP contribution in [0.15, 0.2) is 30.7 Å². The summed E-state index contributed by atoms with van der Waals surface area (Å²) >= 11 is 0. The van der Waals surface area contributed by atoms with Gasteiger partial charge in [-0.1, -0.05) is 0 Å².